The summed E-state index contributed by atoms with van der Waals surface area (Å²) in [6, 6.07) is 8.86. The van der Waals surface area contributed by atoms with Crippen LogP contribution in [0.25, 0.3) is 5.69 Å². The van der Waals surface area contributed by atoms with Gasteiger partial charge in [0.2, 0.25) is 5.95 Å². The van der Waals surface area contributed by atoms with E-state index < -0.39 is 0 Å². The molecule has 0 amide bonds. The molecule has 0 bridgehead atoms. The van der Waals surface area contributed by atoms with Crippen LogP contribution in [0.5, 0.6) is 0 Å². The molecule has 0 atom stereocenters. The molecule has 4 rings (SSSR count). The molecular weight excluding hydrogens is 356 g/mol. The highest BCUT2D eigenvalue weighted by atomic mass is 35.5. The van der Waals surface area contributed by atoms with Crippen molar-refractivity contribution in [1.29, 1.82) is 0 Å². The monoisotopic (exact) mass is 372 g/mol. The molecule has 26 heavy (non-hydrogen) atoms. The maximum atomic E-state index is 12.6. The van der Waals surface area contributed by atoms with E-state index in [1.165, 1.54) is 9.36 Å². The predicted octanol–water partition coefficient (Wildman–Crippen LogP) is 0.652. The summed E-state index contributed by atoms with van der Waals surface area (Å²) in [6.07, 6.45) is 3.47. The number of tetrazole rings is 1. The molecule has 3 heterocycles. The largest absolute Gasteiger partial charge is 0.369 e. The van der Waals surface area contributed by atoms with Gasteiger partial charge in [0.1, 0.15) is 6.67 Å². The predicted molar refractivity (Wildman–Crippen MR) is 96.4 cm³/mol. The zero-order chi connectivity index (χ0) is 17.9. The Labute approximate surface area is 154 Å². The Hall–Kier alpha value is -2.78. The van der Waals surface area contributed by atoms with Gasteiger partial charge in [-0.2, -0.15) is 9.36 Å². The lowest BCUT2D eigenvalue weighted by Crippen LogP contribution is -2.48. The Bertz CT molecular complexity index is 933. The van der Waals surface area contributed by atoms with Gasteiger partial charge in [-0.3, -0.25) is 4.90 Å². The van der Waals surface area contributed by atoms with Crippen molar-refractivity contribution in [3.05, 3.63) is 58.2 Å². The standard InChI is InChI=1S/C16H17ClN8O/c17-13-4-1-2-5-14(13)25-16(26)24(20-21-25)12-22-8-10-23(11-9-22)15-18-6-3-7-19-15/h1-7H,8-12H2. The SMILES string of the molecule is O=c1n(CN2CCN(c3ncccn3)CC2)nnn1-c1ccccc1Cl. The second-order valence-electron chi connectivity index (χ2n) is 5.92. The highest BCUT2D eigenvalue weighted by Crippen LogP contribution is 2.17. The molecule has 0 aliphatic carbocycles. The fourth-order valence-corrected chi connectivity index (χ4v) is 3.09. The number of anilines is 1. The molecule has 2 aromatic heterocycles. The molecule has 0 unspecified atom stereocenters. The minimum absolute atomic E-state index is 0.313. The number of hydrogen-bond acceptors (Lipinski definition) is 7. The van der Waals surface area contributed by atoms with Crippen molar-refractivity contribution in [2.24, 2.45) is 0 Å². The molecule has 134 valence electrons. The van der Waals surface area contributed by atoms with E-state index in [2.05, 4.69) is 30.2 Å². The maximum absolute atomic E-state index is 12.6. The number of para-hydroxylation sites is 1. The lowest BCUT2D eigenvalue weighted by atomic mass is 10.3. The zero-order valence-corrected chi connectivity index (χ0v) is 14.7. The first kappa shape index (κ1) is 16.7. The average molecular weight is 373 g/mol. The van der Waals surface area contributed by atoms with Crippen molar-refractivity contribution in [2.75, 3.05) is 31.1 Å². The van der Waals surface area contributed by atoms with E-state index in [0.29, 0.717) is 17.4 Å². The summed E-state index contributed by atoms with van der Waals surface area (Å²) in [5, 5.41) is 8.39. The molecule has 10 heteroatoms. The minimum Gasteiger partial charge on any atom is -0.338 e. The zero-order valence-electron chi connectivity index (χ0n) is 13.9. The van der Waals surface area contributed by atoms with E-state index in [-0.39, 0.29) is 5.69 Å². The van der Waals surface area contributed by atoms with Crippen LogP contribution in [0.3, 0.4) is 0 Å². The van der Waals surface area contributed by atoms with Gasteiger partial charge >= 0.3 is 5.69 Å². The summed E-state index contributed by atoms with van der Waals surface area (Å²) >= 11 is 6.14. The van der Waals surface area contributed by atoms with Gasteiger partial charge in [0.25, 0.3) is 0 Å². The minimum atomic E-state index is -0.313. The molecule has 0 N–H and O–H groups in total. The Balaban J connectivity index is 1.43. The third-order valence-corrected chi connectivity index (χ3v) is 4.58. The van der Waals surface area contributed by atoms with Crippen molar-refractivity contribution in [3.8, 4) is 5.69 Å². The first-order valence-corrected chi connectivity index (χ1v) is 8.62. The average Bonchev–Trinajstić information content (AvgIpc) is 3.04. The molecule has 0 radical (unpaired) electrons. The van der Waals surface area contributed by atoms with Crippen molar-refractivity contribution < 1.29 is 0 Å². The van der Waals surface area contributed by atoms with Crippen molar-refractivity contribution in [1.82, 2.24) is 34.7 Å². The lowest BCUT2D eigenvalue weighted by molar-refractivity contribution is 0.190. The van der Waals surface area contributed by atoms with Gasteiger partial charge < -0.3 is 4.90 Å². The van der Waals surface area contributed by atoms with Gasteiger partial charge in [0.05, 0.1) is 10.7 Å². The van der Waals surface area contributed by atoms with Crippen LogP contribution in [0, 0.1) is 0 Å². The summed E-state index contributed by atoms with van der Waals surface area (Å²) in [4.78, 5) is 25.4. The van der Waals surface area contributed by atoms with Crippen molar-refractivity contribution in [2.45, 2.75) is 6.67 Å². The molecule has 1 aliphatic heterocycles. The Kier molecular flexibility index (Phi) is 4.63. The lowest BCUT2D eigenvalue weighted by Gasteiger charge is -2.34. The van der Waals surface area contributed by atoms with Crippen LogP contribution in [-0.2, 0) is 6.67 Å². The van der Waals surface area contributed by atoms with Crippen LogP contribution in [0.2, 0.25) is 5.02 Å². The normalized spacial score (nSPS) is 15.3. The Morgan fingerprint density at radius 1 is 0.962 bits per heavy atom. The van der Waals surface area contributed by atoms with Gasteiger partial charge in [-0.1, -0.05) is 23.7 Å². The van der Waals surface area contributed by atoms with Crippen LogP contribution in [-0.4, -0.2) is 60.8 Å². The quantitative estimate of drug-likeness (QED) is 0.664. The van der Waals surface area contributed by atoms with E-state index >= 15 is 0 Å². The Morgan fingerprint density at radius 3 is 2.42 bits per heavy atom. The van der Waals surface area contributed by atoms with E-state index in [4.69, 9.17) is 11.6 Å². The van der Waals surface area contributed by atoms with Gasteiger partial charge in [-0.25, -0.2) is 14.8 Å². The Morgan fingerprint density at radius 2 is 1.69 bits per heavy atom. The van der Waals surface area contributed by atoms with Gasteiger partial charge in [0.15, 0.2) is 0 Å². The van der Waals surface area contributed by atoms with Crippen LogP contribution in [0.15, 0.2) is 47.5 Å². The smallest absolute Gasteiger partial charge is 0.338 e. The molecule has 9 nitrogen and oxygen atoms in total. The number of rotatable bonds is 4. The molecule has 1 aromatic carbocycles. The van der Waals surface area contributed by atoms with E-state index in [9.17, 15) is 4.79 Å². The fourth-order valence-electron chi connectivity index (χ4n) is 2.87. The number of nitrogens with zero attached hydrogens (tertiary/aromatic N) is 8. The topological polar surface area (TPSA) is 85.0 Å². The van der Waals surface area contributed by atoms with E-state index in [0.717, 1.165) is 32.1 Å². The van der Waals surface area contributed by atoms with E-state index in [1.54, 1.807) is 42.7 Å². The van der Waals surface area contributed by atoms with Gasteiger partial charge in [0, 0.05) is 38.6 Å². The second-order valence-corrected chi connectivity index (χ2v) is 6.33. The third kappa shape index (κ3) is 3.31. The highest BCUT2D eigenvalue weighted by Gasteiger charge is 2.20. The van der Waals surface area contributed by atoms with Crippen molar-refractivity contribution in [3.63, 3.8) is 0 Å². The molecule has 1 saturated heterocycles. The first-order valence-electron chi connectivity index (χ1n) is 8.24. The number of aromatic nitrogens is 6. The summed E-state index contributed by atoms with van der Waals surface area (Å²) in [5.74, 6) is 0.731. The third-order valence-electron chi connectivity index (χ3n) is 4.26. The van der Waals surface area contributed by atoms with Crippen LogP contribution < -0.4 is 10.6 Å². The molecule has 0 saturated carbocycles. The first-order chi connectivity index (χ1) is 12.7. The van der Waals surface area contributed by atoms with Crippen LogP contribution in [0.1, 0.15) is 0 Å². The second kappa shape index (κ2) is 7.22. The maximum Gasteiger partial charge on any atom is 0.369 e. The fraction of sp³-hybridized carbons (Fsp3) is 0.312. The van der Waals surface area contributed by atoms with Crippen LogP contribution >= 0.6 is 11.6 Å². The molecule has 1 aliphatic rings. The summed E-state index contributed by atoms with van der Waals surface area (Å²) < 4.78 is 2.56. The molecule has 1 fully saturated rings. The summed E-state index contributed by atoms with van der Waals surface area (Å²) in [6.45, 7) is 3.52. The summed E-state index contributed by atoms with van der Waals surface area (Å²) in [5.41, 5.74) is 0.211. The van der Waals surface area contributed by atoms with Crippen molar-refractivity contribution >= 4 is 17.5 Å². The number of benzene rings is 1. The number of halogens is 1. The highest BCUT2D eigenvalue weighted by molar-refractivity contribution is 6.32. The summed E-state index contributed by atoms with van der Waals surface area (Å²) in [7, 11) is 0. The van der Waals surface area contributed by atoms with Gasteiger partial charge in [-0.05, 0) is 28.6 Å². The molecular formula is C16H17ClN8O. The van der Waals surface area contributed by atoms with Gasteiger partial charge in [-0.15, -0.1) is 0 Å². The number of piperazine rings is 1. The number of hydrogen-bond donors (Lipinski definition) is 0. The molecule has 0 spiro atoms. The molecule has 3 aromatic rings. The van der Waals surface area contributed by atoms with Crippen LogP contribution in [0.4, 0.5) is 5.95 Å². The van der Waals surface area contributed by atoms with E-state index in [1.807, 2.05) is 0 Å².